The van der Waals surface area contributed by atoms with Crippen LogP contribution < -0.4 is 0 Å². The summed E-state index contributed by atoms with van der Waals surface area (Å²) in [5, 5.41) is 2.10. The van der Waals surface area contributed by atoms with E-state index in [9.17, 15) is 0 Å². The van der Waals surface area contributed by atoms with E-state index >= 15 is 0 Å². The first-order valence-electron chi connectivity index (χ1n) is 5.31. The molecule has 0 spiro atoms. The Kier molecular flexibility index (Phi) is 4.40. The normalized spacial score (nSPS) is 10.9. The smallest absolute Gasteiger partial charge is 0.0389 e. The molecule has 2 rings (SSSR count). The largest absolute Gasteiger partial charge is 0.215 e. The third-order valence-electron chi connectivity index (χ3n) is 2.38. The van der Waals surface area contributed by atoms with Crippen molar-refractivity contribution in [2.45, 2.75) is 13.0 Å². The van der Waals surface area contributed by atoms with Gasteiger partial charge in [-0.1, -0.05) is 36.4 Å². The van der Waals surface area contributed by atoms with Gasteiger partial charge in [-0.25, -0.2) is 4.42 Å². The quantitative estimate of drug-likeness (QED) is 0.728. The van der Waals surface area contributed by atoms with E-state index in [-0.39, 0.29) is 0 Å². The van der Waals surface area contributed by atoms with E-state index in [1.165, 1.54) is 10.4 Å². The van der Waals surface area contributed by atoms with Crippen molar-refractivity contribution in [2.75, 3.05) is 6.54 Å². The summed E-state index contributed by atoms with van der Waals surface area (Å²) in [6.07, 6.45) is 1.02. The van der Waals surface area contributed by atoms with Crippen molar-refractivity contribution in [3.8, 4) is 0 Å². The van der Waals surface area contributed by atoms with Crippen LogP contribution in [0.5, 0.6) is 0 Å². The van der Waals surface area contributed by atoms with Gasteiger partial charge < -0.3 is 0 Å². The van der Waals surface area contributed by atoms with Crippen molar-refractivity contribution in [1.29, 1.82) is 0 Å². The van der Waals surface area contributed by atoms with Crippen LogP contribution in [-0.4, -0.2) is 11.0 Å². The van der Waals surface area contributed by atoms with Gasteiger partial charge in [-0.3, -0.25) is 0 Å². The molecule has 1 heterocycles. The summed E-state index contributed by atoms with van der Waals surface area (Å²) in [5.41, 5.74) is 1.25. The van der Waals surface area contributed by atoms with Crippen molar-refractivity contribution in [2.24, 2.45) is 0 Å². The van der Waals surface area contributed by atoms with E-state index in [0.29, 0.717) is 0 Å². The molecular weight excluding hydrogens is 238 g/mol. The van der Waals surface area contributed by atoms with Crippen LogP contribution in [0.1, 0.15) is 10.4 Å². The van der Waals surface area contributed by atoms with Crippen LogP contribution >= 0.6 is 23.1 Å². The van der Waals surface area contributed by atoms with Gasteiger partial charge in [0, 0.05) is 18.0 Å². The number of rotatable bonds is 5. The minimum Gasteiger partial charge on any atom is -0.215 e. The number of hydrogen-bond donors (Lipinski definition) is 0. The molecule has 0 unspecified atom stereocenters. The Morgan fingerprint density at radius 2 is 1.88 bits per heavy atom. The highest BCUT2D eigenvalue weighted by Gasteiger charge is 2.03. The lowest BCUT2D eigenvalue weighted by atomic mass is 10.2. The van der Waals surface area contributed by atoms with Gasteiger partial charge >= 0.3 is 0 Å². The zero-order chi connectivity index (χ0) is 11.2. The minimum absolute atomic E-state index is 0.799. The first-order chi connectivity index (χ1) is 7.84. The molecule has 0 N–H and O–H groups in total. The Morgan fingerprint density at radius 3 is 2.56 bits per heavy atom. The van der Waals surface area contributed by atoms with Crippen molar-refractivity contribution in [3.63, 3.8) is 0 Å². The highest BCUT2D eigenvalue weighted by Crippen LogP contribution is 2.12. The fraction of sp³-hybridized carbons (Fsp3) is 0.231. The van der Waals surface area contributed by atoms with Crippen LogP contribution in [0.15, 0.2) is 47.8 Å². The standard InChI is InChI=1S/C13H14ClNS/c14-15(9-8-13-7-4-10-16-13)11-12-5-2-1-3-6-12/h1-7,10H,8-9,11H2. The molecule has 0 saturated heterocycles. The molecular formula is C13H14ClNS. The molecule has 84 valence electrons. The third kappa shape index (κ3) is 3.63. The predicted molar refractivity (Wildman–Crippen MR) is 70.7 cm³/mol. The Morgan fingerprint density at radius 1 is 1.06 bits per heavy atom. The number of halogens is 1. The minimum atomic E-state index is 0.799. The predicted octanol–water partition coefficient (Wildman–Crippen LogP) is 3.95. The summed E-state index contributed by atoms with van der Waals surface area (Å²) in [5.74, 6) is 0. The third-order valence-corrected chi connectivity index (χ3v) is 3.60. The van der Waals surface area contributed by atoms with Crippen molar-refractivity contribution in [3.05, 3.63) is 58.3 Å². The first-order valence-corrected chi connectivity index (χ1v) is 6.53. The monoisotopic (exact) mass is 251 g/mol. The summed E-state index contributed by atoms with van der Waals surface area (Å²) in [4.78, 5) is 1.39. The molecule has 16 heavy (non-hydrogen) atoms. The van der Waals surface area contributed by atoms with Crippen LogP contribution in [0, 0.1) is 0 Å². The molecule has 2 aromatic rings. The first kappa shape index (κ1) is 11.6. The lowest BCUT2D eigenvalue weighted by molar-refractivity contribution is 0.456. The summed E-state index contributed by atoms with van der Waals surface area (Å²) >= 11 is 7.96. The van der Waals surface area contributed by atoms with Crippen LogP contribution in [-0.2, 0) is 13.0 Å². The van der Waals surface area contributed by atoms with Gasteiger partial charge in [-0.15, -0.1) is 11.3 Å². The van der Waals surface area contributed by atoms with Crippen molar-refractivity contribution < 1.29 is 0 Å². The second-order valence-corrected chi connectivity index (χ2v) is 5.17. The summed E-state index contributed by atoms with van der Waals surface area (Å²) in [7, 11) is 0. The zero-order valence-electron chi connectivity index (χ0n) is 8.97. The molecule has 0 aliphatic rings. The fourth-order valence-electron chi connectivity index (χ4n) is 1.55. The highest BCUT2D eigenvalue weighted by molar-refractivity contribution is 7.09. The Balaban J connectivity index is 1.78. The van der Waals surface area contributed by atoms with Gasteiger partial charge in [-0.05, 0) is 35.2 Å². The molecule has 3 heteroatoms. The van der Waals surface area contributed by atoms with Crippen molar-refractivity contribution >= 4 is 23.1 Å². The molecule has 0 amide bonds. The molecule has 0 saturated carbocycles. The number of benzene rings is 1. The summed E-state index contributed by atoms with van der Waals surface area (Å²) < 4.78 is 1.84. The van der Waals surface area contributed by atoms with Crippen LogP contribution in [0.25, 0.3) is 0 Å². The van der Waals surface area contributed by atoms with E-state index in [1.807, 2.05) is 22.6 Å². The van der Waals surface area contributed by atoms with Gasteiger partial charge in [0.2, 0.25) is 0 Å². The second kappa shape index (κ2) is 6.04. The van der Waals surface area contributed by atoms with Crippen LogP contribution in [0.2, 0.25) is 0 Å². The molecule has 0 fully saturated rings. The van der Waals surface area contributed by atoms with Crippen LogP contribution in [0.4, 0.5) is 0 Å². The Bertz CT molecular complexity index is 399. The highest BCUT2D eigenvalue weighted by atomic mass is 35.5. The molecule has 0 aliphatic heterocycles. The molecule has 1 aromatic heterocycles. The Hall–Kier alpha value is -0.830. The van der Waals surface area contributed by atoms with Gasteiger partial charge in [-0.2, -0.15) is 0 Å². The molecule has 0 atom stereocenters. The average Bonchev–Trinajstić information content (AvgIpc) is 2.81. The SMILES string of the molecule is ClN(CCc1cccs1)Cc1ccccc1. The van der Waals surface area contributed by atoms with Crippen LogP contribution in [0.3, 0.4) is 0 Å². The van der Waals surface area contributed by atoms with Gasteiger partial charge in [0.15, 0.2) is 0 Å². The fourth-order valence-corrected chi connectivity index (χ4v) is 2.47. The van der Waals surface area contributed by atoms with E-state index in [2.05, 4.69) is 29.6 Å². The number of thiophene rings is 1. The maximum Gasteiger partial charge on any atom is 0.0389 e. The maximum atomic E-state index is 6.17. The van der Waals surface area contributed by atoms with Gasteiger partial charge in [0.1, 0.15) is 0 Å². The Labute approximate surface area is 105 Å². The number of nitrogens with zero attached hydrogens (tertiary/aromatic N) is 1. The molecule has 0 bridgehead atoms. The topological polar surface area (TPSA) is 3.24 Å². The molecule has 0 radical (unpaired) electrons. The van der Waals surface area contributed by atoms with E-state index in [1.54, 1.807) is 11.3 Å². The van der Waals surface area contributed by atoms with E-state index in [4.69, 9.17) is 11.8 Å². The average molecular weight is 252 g/mol. The lowest BCUT2D eigenvalue weighted by Crippen LogP contribution is -2.14. The van der Waals surface area contributed by atoms with E-state index in [0.717, 1.165) is 19.5 Å². The number of hydrogen-bond acceptors (Lipinski definition) is 2. The van der Waals surface area contributed by atoms with Gasteiger partial charge in [0.05, 0.1) is 0 Å². The molecule has 1 nitrogen and oxygen atoms in total. The maximum absolute atomic E-state index is 6.17. The van der Waals surface area contributed by atoms with E-state index < -0.39 is 0 Å². The summed E-state index contributed by atoms with van der Waals surface area (Å²) in [6, 6.07) is 14.5. The van der Waals surface area contributed by atoms with Crippen molar-refractivity contribution in [1.82, 2.24) is 4.42 Å². The zero-order valence-corrected chi connectivity index (χ0v) is 10.5. The lowest BCUT2D eigenvalue weighted by Gasteiger charge is -2.12. The molecule has 1 aromatic carbocycles. The second-order valence-electron chi connectivity index (χ2n) is 3.66. The summed E-state index contributed by atoms with van der Waals surface area (Å²) in [6.45, 7) is 1.69. The molecule has 0 aliphatic carbocycles. The van der Waals surface area contributed by atoms with Gasteiger partial charge in [0.25, 0.3) is 0 Å².